The van der Waals surface area contributed by atoms with Crippen LogP contribution >= 0.6 is 0 Å². The van der Waals surface area contributed by atoms with Crippen LogP contribution in [0, 0.1) is 16.0 Å². The Morgan fingerprint density at radius 3 is 2.50 bits per heavy atom. The Kier molecular flexibility index (Phi) is 10.6. The van der Waals surface area contributed by atoms with Crippen molar-refractivity contribution in [2.75, 3.05) is 23.9 Å². The van der Waals surface area contributed by atoms with Crippen LogP contribution in [0.5, 0.6) is 5.75 Å². The highest BCUT2D eigenvalue weighted by Gasteiger charge is 2.66. The van der Waals surface area contributed by atoms with E-state index in [9.17, 15) is 29.6 Å². The first-order valence-electron chi connectivity index (χ1n) is 18.4. The molecule has 0 bridgehead atoms. The van der Waals surface area contributed by atoms with Gasteiger partial charge < -0.3 is 29.6 Å². The van der Waals surface area contributed by atoms with Crippen molar-refractivity contribution in [3.63, 3.8) is 0 Å². The zero-order chi connectivity index (χ0) is 39.8. The predicted molar refractivity (Wildman–Crippen MR) is 211 cm³/mol. The molecule has 2 amide bonds. The number of amides is 2. The van der Waals surface area contributed by atoms with Gasteiger partial charge in [-0.2, -0.15) is 0 Å². The first-order chi connectivity index (χ1) is 26.8. The Labute approximate surface area is 325 Å². The minimum atomic E-state index is -3.04. The Morgan fingerprint density at radius 2 is 1.82 bits per heavy atom. The Bertz CT molecular complexity index is 2240. The molecule has 56 heavy (non-hydrogen) atoms. The van der Waals surface area contributed by atoms with Gasteiger partial charge in [-0.05, 0) is 73.1 Å². The molecule has 15 heteroatoms. The van der Waals surface area contributed by atoms with Crippen molar-refractivity contribution in [1.82, 2.24) is 15.0 Å². The fourth-order valence-corrected chi connectivity index (χ4v) is 11.0. The molecule has 5 aromatic rings. The molecule has 1 aromatic heterocycles. The first kappa shape index (κ1) is 38.5. The maximum Gasteiger partial charge on any atom is 0.269 e. The van der Waals surface area contributed by atoms with E-state index in [2.05, 4.69) is 15.6 Å². The molecule has 1 fully saturated rings. The van der Waals surface area contributed by atoms with Crippen LogP contribution in [-0.4, -0.2) is 69.8 Å². The molecule has 0 saturated carbocycles. The average molecular weight is 777 g/mol. The van der Waals surface area contributed by atoms with Gasteiger partial charge in [-0.3, -0.25) is 24.4 Å². The Morgan fingerprint density at radius 1 is 1.07 bits per heavy atom. The molecule has 2 aliphatic rings. The molecule has 5 atom stereocenters. The molecule has 0 aliphatic carbocycles. The van der Waals surface area contributed by atoms with Crippen LogP contribution in [0.15, 0.2) is 103 Å². The summed E-state index contributed by atoms with van der Waals surface area (Å²) in [6.07, 6.45) is 1.56. The van der Waals surface area contributed by atoms with Crippen molar-refractivity contribution < 1.29 is 33.9 Å². The Balaban J connectivity index is 1.17. The van der Waals surface area contributed by atoms with Crippen LogP contribution in [0.25, 0.3) is 0 Å². The number of nitrogens with zero attached hydrogens (tertiary/aromatic N) is 5. The number of aryl methyl sites for hydroxylation is 1. The van der Waals surface area contributed by atoms with Crippen molar-refractivity contribution >= 4 is 37.2 Å². The summed E-state index contributed by atoms with van der Waals surface area (Å²) in [5, 5.41) is 33.8. The molecule has 1 saturated heterocycles. The fraction of sp³-hybridized carbons (Fsp3) is 0.317. The number of methoxy groups -OCH3 is 1. The number of rotatable bonds is 13. The third-order valence-corrected chi connectivity index (χ3v) is 13.5. The van der Waals surface area contributed by atoms with E-state index in [0.717, 1.165) is 5.56 Å². The highest BCUT2D eigenvalue weighted by Crippen LogP contribution is 2.60. The van der Waals surface area contributed by atoms with Gasteiger partial charge in [0, 0.05) is 53.1 Å². The van der Waals surface area contributed by atoms with E-state index >= 15 is 0 Å². The summed E-state index contributed by atoms with van der Waals surface area (Å²) in [4.78, 5) is 52.9. The summed E-state index contributed by atoms with van der Waals surface area (Å²) in [5.41, 5.74) is 1.86. The summed E-state index contributed by atoms with van der Waals surface area (Å²) in [6.45, 7) is 5.82. The fourth-order valence-electron chi connectivity index (χ4n) is 8.38. The second-order valence-electron chi connectivity index (χ2n) is 14.9. The van der Waals surface area contributed by atoms with Crippen molar-refractivity contribution in [3.8, 4) is 5.75 Å². The normalized spacial score (nSPS) is 20.9. The first-order valence-corrected chi connectivity index (χ1v) is 21.5. The van der Waals surface area contributed by atoms with Crippen LogP contribution in [0.2, 0.25) is 18.6 Å². The maximum absolute atomic E-state index is 15.0. The van der Waals surface area contributed by atoms with Gasteiger partial charge in [0.05, 0.1) is 48.6 Å². The van der Waals surface area contributed by atoms with Gasteiger partial charge in [-0.15, -0.1) is 5.10 Å². The number of anilines is 2. The van der Waals surface area contributed by atoms with Gasteiger partial charge in [0.2, 0.25) is 0 Å². The molecule has 7 rings (SSSR count). The lowest BCUT2D eigenvalue weighted by atomic mass is 9.82. The predicted octanol–water partition coefficient (Wildman–Crippen LogP) is 6.01. The van der Waals surface area contributed by atoms with Crippen molar-refractivity contribution in [1.29, 1.82) is 0 Å². The number of nitro groups is 1. The van der Waals surface area contributed by atoms with E-state index in [-0.39, 0.29) is 36.6 Å². The molecule has 3 heterocycles. The zero-order valence-corrected chi connectivity index (χ0v) is 32.5. The molecule has 290 valence electrons. The van der Waals surface area contributed by atoms with E-state index in [1.165, 1.54) is 12.1 Å². The summed E-state index contributed by atoms with van der Waals surface area (Å²) in [5.74, 6) is -0.963. The van der Waals surface area contributed by atoms with Gasteiger partial charge in [-0.25, -0.2) is 0 Å². The van der Waals surface area contributed by atoms with Crippen molar-refractivity contribution in [3.05, 3.63) is 141 Å². The molecule has 0 radical (unpaired) electrons. The second-order valence-corrected chi connectivity index (χ2v) is 18.9. The molecule has 1 spiro atoms. The lowest BCUT2D eigenvalue weighted by Gasteiger charge is -2.32. The minimum Gasteiger partial charge on any atom is -0.497 e. The standard InChI is InChI=1S/C41H44N6O8Si/c1-26-38(56(3,4)53)37(19-20-45-24-35(43-44-45)33(25-48)28-10-6-5-7-11-28)55-41(26)34-22-31(47(51)52)15-18-36(34)46(40(41)50)23-27-9-8-12-30(21-27)42-39(49)29-13-16-32(54-2)17-14-29/h5-18,21-22,24,26,33,37-38,48,53H,19-20,23,25H2,1-4H3,(H,42,49)/t26-,33?,37+,38-,41+/m1/s1. The van der Waals surface area contributed by atoms with E-state index in [0.29, 0.717) is 52.5 Å². The SMILES string of the molecule is COc1ccc(C(=O)Nc2cccc(CN3C(=O)[C@@]4(O[C@@H](CCn5cc(C(CO)c6ccccc6)nn5)[C@H]([Si](C)(C)O)[C@H]4C)c4cc([N+](=O)[O-])ccc43)c2)cc1. The number of ether oxygens (including phenoxy) is 2. The average Bonchev–Trinajstić information content (AvgIpc) is 3.84. The third-order valence-electron chi connectivity index (χ3n) is 11.0. The summed E-state index contributed by atoms with van der Waals surface area (Å²) in [6, 6.07) is 27.8. The van der Waals surface area contributed by atoms with E-state index in [1.807, 2.05) is 56.4 Å². The number of carbonyl (C=O) groups excluding carboxylic acids is 2. The van der Waals surface area contributed by atoms with Crippen LogP contribution in [0.1, 0.15) is 52.0 Å². The lowest BCUT2D eigenvalue weighted by Crippen LogP contribution is -2.46. The monoisotopic (exact) mass is 776 g/mol. The van der Waals surface area contributed by atoms with Crippen LogP contribution in [0.3, 0.4) is 0 Å². The van der Waals surface area contributed by atoms with Crippen LogP contribution in [-0.2, 0) is 28.2 Å². The molecular weight excluding hydrogens is 733 g/mol. The highest BCUT2D eigenvalue weighted by atomic mass is 28.4. The number of aromatic nitrogens is 3. The zero-order valence-electron chi connectivity index (χ0n) is 31.5. The van der Waals surface area contributed by atoms with Crippen LogP contribution in [0.4, 0.5) is 17.1 Å². The number of nitro benzene ring substituents is 1. The maximum atomic E-state index is 15.0. The third kappa shape index (κ3) is 7.21. The molecule has 2 aliphatic heterocycles. The number of hydrogen-bond donors (Lipinski definition) is 3. The summed E-state index contributed by atoms with van der Waals surface area (Å²) < 4.78 is 13.8. The van der Waals surface area contributed by atoms with Gasteiger partial charge >= 0.3 is 0 Å². The summed E-state index contributed by atoms with van der Waals surface area (Å²) >= 11 is 0. The van der Waals surface area contributed by atoms with E-state index < -0.39 is 36.4 Å². The lowest BCUT2D eigenvalue weighted by molar-refractivity contribution is -0.385. The largest absolute Gasteiger partial charge is 0.497 e. The van der Waals surface area contributed by atoms with Gasteiger partial charge in [0.1, 0.15) is 5.75 Å². The Hall–Kier alpha value is -5.74. The molecule has 4 aromatic carbocycles. The highest BCUT2D eigenvalue weighted by molar-refractivity contribution is 6.71. The second kappa shape index (κ2) is 15.4. The smallest absolute Gasteiger partial charge is 0.269 e. The molecule has 14 nitrogen and oxygen atoms in total. The number of aliphatic hydroxyl groups excluding tert-OH is 1. The van der Waals surface area contributed by atoms with E-state index in [1.54, 1.807) is 71.4 Å². The topological polar surface area (TPSA) is 182 Å². The van der Waals surface area contributed by atoms with Gasteiger partial charge in [0.25, 0.3) is 17.5 Å². The molecule has 3 N–H and O–H groups in total. The van der Waals surface area contributed by atoms with Crippen molar-refractivity contribution in [2.45, 2.75) is 62.7 Å². The van der Waals surface area contributed by atoms with Crippen molar-refractivity contribution in [2.24, 2.45) is 5.92 Å². The van der Waals surface area contributed by atoms with Gasteiger partial charge in [0.15, 0.2) is 13.9 Å². The number of nitrogens with one attached hydrogen (secondary N) is 1. The summed E-state index contributed by atoms with van der Waals surface area (Å²) in [7, 11) is -1.49. The molecular formula is C41H44N6O8Si. The quantitative estimate of drug-likeness (QED) is 0.0728. The van der Waals surface area contributed by atoms with Gasteiger partial charge in [-0.1, -0.05) is 54.6 Å². The number of benzene rings is 4. The number of fused-ring (bicyclic) bond motifs is 2. The number of hydrogen-bond acceptors (Lipinski definition) is 10. The number of carbonyl (C=O) groups is 2. The minimum absolute atomic E-state index is 0.0954. The number of aliphatic hydroxyl groups is 1. The van der Waals surface area contributed by atoms with E-state index in [4.69, 9.17) is 9.47 Å². The molecule has 1 unspecified atom stereocenters. The van der Waals surface area contributed by atoms with Crippen LogP contribution < -0.4 is 15.0 Å². The number of non-ortho nitro benzene ring substituents is 1.